The molecule has 1 aromatic heterocycles. The molecule has 2 aromatic carbocycles. The summed E-state index contributed by atoms with van der Waals surface area (Å²) in [7, 11) is -4.22. The van der Waals surface area contributed by atoms with Crippen molar-refractivity contribution in [3.63, 3.8) is 0 Å². The molecule has 3 heterocycles. The van der Waals surface area contributed by atoms with Gasteiger partial charge in [-0.1, -0.05) is 12.1 Å². The number of halogens is 3. The molecule has 5 rings (SSSR count). The van der Waals surface area contributed by atoms with Gasteiger partial charge in [0, 0.05) is 23.2 Å². The monoisotopic (exact) mass is 391 g/mol. The first-order valence-electron chi connectivity index (χ1n) is 8.18. The Morgan fingerprint density at radius 1 is 1.04 bits per heavy atom. The molecule has 0 aliphatic carbocycles. The number of nitrogens with zero attached hydrogens (tertiary/aromatic N) is 2. The highest BCUT2D eigenvalue weighted by atomic mass is 32.2. The topological polar surface area (TPSA) is 66.1 Å². The molecule has 0 amide bonds. The predicted octanol–water partition coefficient (Wildman–Crippen LogP) is 3.22. The summed E-state index contributed by atoms with van der Waals surface area (Å²) < 4.78 is 69.4. The Labute approximate surface area is 152 Å². The molecule has 2 aliphatic heterocycles. The number of sulfonamides is 1. The summed E-state index contributed by atoms with van der Waals surface area (Å²) in [6.07, 6.45) is 1.76. The van der Waals surface area contributed by atoms with E-state index < -0.39 is 39.6 Å². The molecule has 9 heteroatoms. The molecule has 3 aromatic rings. The van der Waals surface area contributed by atoms with Crippen molar-refractivity contribution >= 4 is 10.0 Å². The molecule has 2 atom stereocenters. The number of hydrogen-bond acceptors (Lipinski definition) is 3. The van der Waals surface area contributed by atoms with Gasteiger partial charge in [-0.2, -0.15) is 9.40 Å². The SMILES string of the molecule is O=S(=O)(c1ccc(F)c(F)c1)N1[C@H]2c3cn[nH]c3C[C@@H]1c1cccc(F)c12. The first-order valence-corrected chi connectivity index (χ1v) is 9.62. The van der Waals surface area contributed by atoms with E-state index in [2.05, 4.69) is 10.2 Å². The van der Waals surface area contributed by atoms with Gasteiger partial charge in [0.1, 0.15) is 5.82 Å². The maximum absolute atomic E-state index is 14.6. The lowest BCUT2D eigenvalue weighted by molar-refractivity contribution is 0.290. The summed E-state index contributed by atoms with van der Waals surface area (Å²) in [5.41, 5.74) is 2.13. The van der Waals surface area contributed by atoms with Gasteiger partial charge in [0.25, 0.3) is 0 Å². The molecular weight excluding hydrogens is 379 g/mol. The maximum Gasteiger partial charge on any atom is 0.244 e. The molecular formula is C18H12F3N3O2S. The molecule has 0 unspecified atom stereocenters. The second kappa shape index (κ2) is 5.43. The molecule has 27 heavy (non-hydrogen) atoms. The van der Waals surface area contributed by atoms with Crippen LogP contribution in [0.3, 0.4) is 0 Å². The fourth-order valence-electron chi connectivity index (χ4n) is 4.05. The first kappa shape index (κ1) is 16.5. The van der Waals surface area contributed by atoms with Crippen molar-refractivity contribution in [3.8, 4) is 0 Å². The lowest BCUT2D eigenvalue weighted by Crippen LogP contribution is -2.37. The van der Waals surface area contributed by atoms with E-state index >= 15 is 0 Å². The van der Waals surface area contributed by atoms with Crippen LogP contribution in [0.15, 0.2) is 47.5 Å². The fraction of sp³-hybridized carbons (Fsp3) is 0.167. The fourth-order valence-corrected chi connectivity index (χ4v) is 5.81. The number of nitrogens with one attached hydrogen (secondary N) is 1. The van der Waals surface area contributed by atoms with Gasteiger partial charge >= 0.3 is 0 Å². The van der Waals surface area contributed by atoms with Gasteiger partial charge in [-0.05, 0) is 29.8 Å². The molecule has 0 spiro atoms. The molecule has 138 valence electrons. The Balaban J connectivity index is 1.74. The Morgan fingerprint density at radius 2 is 1.85 bits per heavy atom. The van der Waals surface area contributed by atoms with E-state index in [0.717, 1.165) is 17.8 Å². The minimum atomic E-state index is -4.22. The number of rotatable bonds is 2. The van der Waals surface area contributed by atoms with Crippen LogP contribution < -0.4 is 0 Å². The molecule has 0 saturated heterocycles. The zero-order chi connectivity index (χ0) is 18.9. The summed E-state index contributed by atoms with van der Waals surface area (Å²) in [6.45, 7) is 0. The summed E-state index contributed by atoms with van der Waals surface area (Å²) in [5.74, 6) is -2.91. The third kappa shape index (κ3) is 2.15. The third-order valence-electron chi connectivity index (χ3n) is 5.19. The van der Waals surface area contributed by atoms with Gasteiger partial charge in [-0.15, -0.1) is 0 Å². The van der Waals surface area contributed by atoms with Crippen LogP contribution in [0.2, 0.25) is 0 Å². The highest BCUT2D eigenvalue weighted by molar-refractivity contribution is 7.89. The van der Waals surface area contributed by atoms with Crippen LogP contribution in [0, 0.1) is 17.5 Å². The second-order valence-corrected chi connectivity index (χ2v) is 8.42. The second-order valence-electron chi connectivity index (χ2n) is 6.58. The zero-order valence-electron chi connectivity index (χ0n) is 13.7. The Hall–Kier alpha value is -2.65. The number of H-pyrrole nitrogens is 1. The number of fused-ring (bicyclic) bond motifs is 7. The lowest BCUT2D eigenvalue weighted by Gasteiger charge is -2.33. The zero-order valence-corrected chi connectivity index (χ0v) is 14.5. The van der Waals surface area contributed by atoms with Gasteiger partial charge in [-0.3, -0.25) is 5.10 Å². The van der Waals surface area contributed by atoms with Crippen LogP contribution in [0.4, 0.5) is 13.2 Å². The quantitative estimate of drug-likeness (QED) is 0.730. The molecule has 1 N–H and O–H groups in total. The Bertz CT molecular complexity index is 1190. The van der Waals surface area contributed by atoms with E-state index in [0.29, 0.717) is 17.2 Å². The van der Waals surface area contributed by atoms with Crippen molar-refractivity contribution in [1.29, 1.82) is 0 Å². The number of hydrogen-bond donors (Lipinski definition) is 1. The predicted molar refractivity (Wildman–Crippen MR) is 88.7 cm³/mol. The minimum Gasteiger partial charge on any atom is -0.282 e. The minimum absolute atomic E-state index is 0.272. The van der Waals surface area contributed by atoms with Crippen molar-refractivity contribution in [2.75, 3.05) is 0 Å². The summed E-state index contributed by atoms with van der Waals surface area (Å²) in [5, 5.41) is 6.80. The average Bonchev–Trinajstić information content (AvgIpc) is 3.20. The van der Waals surface area contributed by atoms with Crippen LogP contribution >= 0.6 is 0 Å². The smallest absolute Gasteiger partial charge is 0.244 e. The van der Waals surface area contributed by atoms with Crippen LogP contribution in [0.5, 0.6) is 0 Å². The van der Waals surface area contributed by atoms with Crippen molar-refractivity contribution in [1.82, 2.24) is 14.5 Å². The van der Waals surface area contributed by atoms with Crippen molar-refractivity contribution < 1.29 is 21.6 Å². The van der Waals surface area contributed by atoms with Gasteiger partial charge < -0.3 is 0 Å². The lowest BCUT2D eigenvalue weighted by atomic mass is 10.00. The largest absolute Gasteiger partial charge is 0.282 e. The van der Waals surface area contributed by atoms with Gasteiger partial charge in [0.15, 0.2) is 11.6 Å². The summed E-state index contributed by atoms with van der Waals surface area (Å²) in [6, 6.07) is 5.36. The number of aromatic amines is 1. The molecule has 0 fully saturated rings. The van der Waals surface area contributed by atoms with E-state index in [1.807, 2.05) is 0 Å². The van der Waals surface area contributed by atoms with Gasteiger partial charge in [0.05, 0.1) is 23.2 Å². The molecule has 2 bridgehead atoms. The average molecular weight is 391 g/mol. The number of benzene rings is 2. The molecule has 5 nitrogen and oxygen atoms in total. The highest BCUT2D eigenvalue weighted by Gasteiger charge is 2.52. The van der Waals surface area contributed by atoms with Crippen molar-refractivity contribution in [3.05, 3.63) is 82.4 Å². The van der Waals surface area contributed by atoms with Crippen LogP contribution in [0.25, 0.3) is 0 Å². The van der Waals surface area contributed by atoms with Crippen molar-refractivity contribution in [2.45, 2.75) is 23.4 Å². The van der Waals surface area contributed by atoms with E-state index in [4.69, 9.17) is 0 Å². The van der Waals surface area contributed by atoms with E-state index in [1.54, 1.807) is 6.07 Å². The molecule has 0 radical (unpaired) electrons. The van der Waals surface area contributed by atoms with Gasteiger partial charge in [-0.25, -0.2) is 21.6 Å². The van der Waals surface area contributed by atoms with Crippen LogP contribution in [-0.2, 0) is 16.4 Å². The van der Waals surface area contributed by atoms with Crippen molar-refractivity contribution in [2.24, 2.45) is 0 Å². The maximum atomic E-state index is 14.6. The van der Waals surface area contributed by atoms with E-state index in [9.17, 15) is 21.6 Å². The standard InChI is InChI=1S/C18H12F3N3O2S/c19-12-5-4-9(6-14(12)21)27(25,26)24-16-7-15-11(8-22-23-15)18(24)17-10(16)2-1-3-13(17)20/h1-6,8,16,18H,7H2,(H,22,23)/t16-,18+/m1/s1. The Morgan fingerprint density at radius 3 is 2.63 bits per heavy atom. The van der Waals surface area contributed by atoms with E-state index in [-0.39, 0.29) is 16.9 Å². The summed E-state index contributed by atoms with van der Waals surface area (Å²) >= 11 is 0. The normalized spacial score (nSPS) is 21.1. The van der Waals surface area contributed by atoms with Crippen LogP contribution in [-0.4, -0.2) is 22.9 Å². The molecule has 0 saturated carbocycles. The van der Waals surface area contributed by atoms with E-state index in [1.165, 1.54) is 22.6 Å². The summed E-state index contributed by atoms with van der Waals surface area (Å²) in [4.78, 5) is -0.378. The highest BCUT2D eigenvalue weighted by Crippen LogP contribution is 2.54. The first-order chi connectivity index (χ1) is 12.9. The third-order valence-corrected chi connectivity index (χ3v) is 7.06. The molecule has 2 aliphatic rings. The Kier molecular flexibility index (Phi) is 3.32. The number of aromatic nitrogens is 2. The van der Waals surface area contributed by atoms with Crippen LogP contribution in [0.1, 0.15) is 34.5 Å². The van der Waals surface area contributed by atoms with Gasteiger partial charge in [0.2, 0.25) is 10.0 Å².